The lowest BCUT2D eigenvalue weighted by Crippen LogP contribution is -2.40. The van der Waals surface area contributed by atoms with Crippen LogP contribution in [0.15, 0.2) is 35.0 Å². The summed E-state index contributed by atoms with van der Waals surface area (Å²) in [4.78, 5) is 27.1. The summed E-state index contributed by atoms with van der Waals surface area (Å²) in [6.07, 6.45) is 6.86. The molecule has 0 unspecified atom stereocenters. The third-order valence-corrected chi connectivity index (χ3v) is 5.12. The van der Waals surface area contributed by atoms with Gasteiger partial charge in [-0.1, -0.05) is 25.5 Å². The molecule has 2 bridgehead atoms. The Labute approximate surface area is 140 Å². The second-order valence-electron chi connectivity index (χ2n) is 6.69. The summed E-state index contributed by atoms with van der Waals surface area (Å²) >= 11 is 0. The molecule has 6 nitrogen and oxygen atoms in total. The number of esters is 1. The van der Waals surface area contributed by atoms with Crippen molar-refractivity contribution < 1.29 is 23.5 Å². The summed E-state index contributed by atoms with van der Waals surface area (Å²) in [5, 5.41) is 0. The largest absolute Gasteiger partial charge is 0.467 e. The maximum Gasteiger partial charge on any atom is 0.312 e. The highest BCUT2D eigenvalue weighted by atomic mass is 16.6. The number of ether oxygens (including phenoxy) is 2. The lowest BCUT2D eigenvalue weighted by Gasteiger charge is -2.22. The summed E-state index contributed by atoms with van der Waals surface area (Å²) in [7, 11) is 0. The summed E-state index contributed by atoms with van der Waals surface area (Å²) in [5.74, 6) is -0.688. The number of likely N-dealkylation sites (tertiary alicyclic amines) is 1. The van der Waals surface area contributed by atoms with Crippen LogP contribution in [0.3, 0.4) is 0 Å². The Bertz CT molecular complexity index is 667. The number of carbonyl (C=O) groups excluding carboxylic acids is 2. The van der Waals surface area contributed by atoms with Gasteiger partial charge in [0.25, 0.3) is 0 Å². The van der Waals surface area contributed by atoms with E-state index in [-0.39, 0.29) is 18.0 Å². The highest BCUT2D eigenvalue weighted by Crippen LogP contribution is 2.52. The Balaban J connectivity index is 1.52. The number of amides is 1. The number of rotatable bonds is 6. The summed E-state index contributed by atoms with van der Waals surface area (Å²) < 4.78 is 16.7. The molecule has 24 heavy (non-hydrogen) atoms. The number of carbonyl (C=O) groups is 2. The smallest absolute Gasteiger partial charge is 0.312 e. The average Bonchev–Trinajstić information content (AvgIpc) is 3.31. The van der Waals surface area contributed by atoms with Gasteiger partial charge >= 0.3 is 5.97 Å². The quantitative estimate of drug-likeness (QED) is 0.452. The first kappa shape index (κ1) is 15.4. The van der Waals surface area contributed by atoms with Crippen LogP contribution in [-0.4, -0.2) is 41.6 Å². The highest BCUT2D eigenvalue weighted by molar-refractivity contribution is 5.91. The zero-order chi connectivity index (χ0) is 16.7. The average molecular weight is 331 g/mol. The summed E-state index contributed by atoms with van der Waals surface area (Å²) in [6.45, 7) is 3.28. The van der Waals surface area contributed by atoms with Crippen LogP contribution in [0.25, 0.3) is 0 Å². The van der Waals surface area contributed by atoms with E-state index < -0.39 is 17.4 Å². The second kappa shape index (κ2) is 5.77. The standard InChI is InChI=1S/C18H21NO5/c1-2-3-8-23-17(21)14-13-6-7-18(24-13)11-19(16(20)15(14)18)10-12-5-4-9-22-12/h4-7,9,13-15H,2-3,8,10-11H2,1H3/t13-,14-,15+,18-/m1/s1. The fourth-order valence-corrected chi connectivity index (χ4v) is 3.99. The fourth-order valence-electron chi connectivity index (χ4n) is 3.99. The number of furan rings is 1. The molecule has 0 aromatic carbocycles. The van der Waals surface area contributed by atoms with E-state index in [0.717, 1.165) is 18.6 Å². The number of nitrogens with zero attached hydrogens (tertiary/aromatic N) is 1. The molecule has 1 amide bonds. The molecule has 1 aromatic heterocycles. The van der Waals surface area contributed by atoms with Crippen LogP contribution in [-0.2, 0) is 25.6 Å². The molecule has 1 aromatic rings. The van der Waals surface area contributed by atoms with Crippen molar-refractivity contribution in [1.29, 1.82) is 0 Å². The van der Waals surface area contributed by atoms with Gasteiger partial charge in [-0.2, -0.15) is 0 Å². The van der Waals surface area contributed by atoms with Crippen molar-refractivity contribution in [2.45, 2.75) is 38.0 Å². The van der Waals surface area contributed by atoms with Gasteiger partial charge in [-0.05, 0) is 18.6 Å². The molecule has 4 atom stereocenters. The third-order valence-electron chi connectivity index (χ3n) is 5.12. The van der Waals surface area contributed by atoms with Gasteiger partial charge in [-0.3, -0.25) is 9.59 Å². The normalized spacial score (nSPS) is 33.3. The molecular weight excluding hydrogens is 310 g/mol. The minimum Gasteiger partial charge on any atom is -0.467 e. The highest BCUT2D eigenvalue weighted by Gasteiger charge is 2.67. The van der Waals surface area contributed by atoms with E-state index in [4.69, 9.17) is 13.9 Å². The van der Waals surface area contributed by atoms with Gasteiger partial charge in [0.1, 0.15) is 17.3 Å². The van der Waals surface area contributed by atoms with Gasteiger partial charge < -0.3 is 18.8 Å². The van der Waals surface area contributed by atoms with E-state index in [2.05, 4.69) is 0 Å². The molecule has 0 aliphatic carbocycles. The van der Waals surface area contributed by atoms with Gasteiger partial charge in [-0.25, -0.2) is 0 Å². The fraction of sp³-hybridized carbons (Fsp3) is 0.556. The Hall–Kier alpha value is -2.08. The zero-order valence-electron chi connectivity index (χ0n) is 13.6. The Morgan fingerprint density at radius 3 is 3.12 bits per heavy atom. The molecule has 4 heterocycles. The van der Waals surface area contributed by atoms with Gasteiger partial charge in [0.05, 0.1) is 38.0 Å². The SMILES string of the molecule is CCCCOC(=O)[C@H]1[C@H]2C(=O)N(Cc3ccco3)C[C@]23C=C[C@H]1O3. The topological polar surface area (TPSA) is 69.0 Å². The van der Waals surface area contributed by atoms with Crippen LogP contribution in [0.4, 0.5) is 0 Å². The molecular formula is C18H21NO5. The third kappa shape index (κ3) is 2.28. The van der Waals surface area contributed by atoms with Crippen molar-refractivity contribution in [2.24, 2.45) is 11.8 Å². The molecule has 2 fully saturated rings. The van der Waals surface area contributed by atoms with Gasteiger partial charge in [0, 0.05) is 0 Å². The minimum atomic E-state index is -0.692. The molecule has 4 rings (SSSR count). The summed E-state index contributed by atoms with van der Waals surface area (Å²) in [6, 6.07) is 3.63. The minimum absolute atomic E-state index is 0.0595. The number of unbranched alkanes of at least 4 members (excludes halogenated alkanes) is 1. The molecule has 0 radical (unpaired) electrons. The number of hydrogen-bond acceptors (Lipinski definition) is 5. The van der Waals surface area contributed by atoms with E-state index in [1.54, 1.807) is 17.2 Å². The van der Waals surface area contributed by atoms with Crippen LogP contribution < -0.4 is 0 Å². The van der Waals surface area contributed by atoms with Crippen molar-refractivity contribution >= 4 is 11.9 Å². The number of fused-ring (bicyclic) bond motifs is 1. The van der Waals surface area contributed by atoms with Crippen molar-refractivity contribution in [1.82, 2.24) is 4.90 Å². The monoisotopic (exact) mass is 331 g/mol. The van der Waals surface area contributed by atoms with E-state index in [1.165, 1.54) is 0 Å². The maximum atomic E-state index is 12.9. The molecule has 3 aliphatic heterocycles. The molecule has 3 aliphatic rings. The van der Waals surface area contributed by atoms with Crippen LogP contribution in [0.2, 0.25) is 0 Å². The molecule has 0 saturated carbocycles. The van der Waals surface area contributed by atoms with E-state index in [1.807, 2.05) is 25.1 Å². The van der Waals surface area contributed by atoms with Crippen molar-refractivity contribution in [3.05, 3.63) is 36.3 Å². The predicted molar refractivity (Wildman–Crippen MR) is 83.7 cm³/mol. The summed E-state index contributed by atoms with van der Waals surface area (Å²) in [5.41, 5.74) is -0.692. The Morgan fingerprint density at radius 2 is 2.38 bits per heavy atom. The van der Waals surface area contributed by atoms with E-state index in [0.29, 0.717) is 19.7 Å². The van der Waals surface area contributed by atoms with Gasteiger partial charge in [-0.15, -0.1) is 0 Å². The van der Waals surface area contributed by atoms with Crippen molar-refractivity contribution in [3.8, 4) is 0 Å². The van der Waals surface area contributed by atoms with Gasteiger partial charge in [0.2, 0.25) is 5.91 Å². The predicted octanol–water partition coefficient (Wildman–Crippen LogP) is 1.90. The molecule has 2 saturated heterocycles. The molecule has 128 valence electrons. The second-order valence-corrected chi connectivity index (χ2v) is 6.69. The molecule has 0 N–H and O–H groups in total. The first-order chi connectivity index (χ1) is 11.6. The van der Waals surface area contributed by atoms with Crippen LogP contribution in [0, 0.1) is 11.8 Å². The van der Waals surface area contributed by atoms with Crippen molar-refractivity contribution in [3.63, 3.8) is 0 Å². The van der Waals surface area contributed by atoms with E-state index >= 15 is 0 Å². The molecule has 1 spiro atoms. The first-order valence-corrected chi connectivity index (χ1v) is 8.49. The maximum absolute atomic E-state index is 12.9. The van der Waals surface area contributed by atoms with E-state index in [9.17, 15) is 9.59 Å². The van der Waals surface area contributed by atoms with Crippen LogP contribution >= 0.6 is 0 Å². The lowest BCUT2D eigenvalue weighted by atomic mass is 9.77. The Morgan fingerprint density at radius 1 is 1.50 bits per heavy atom. The van der Waals surface area contributed by atoms with Crippen LogP contribution in [0.5, 0.6) is 0 Å². The van der Waals surface area contributed by atoms with Crippen molar-refractivity contribution in [2.75, 3.05) is 13.2 Å². The number of hydrogen-bond donors (Lipinski definition) is 0. The lowest BCUT2D eigenvalue weighted by molar-refractivity contribution is -0.154. The zero-order valence-corrected chi connectivity index (χ0v) is 13.6. The molecule has 6 heteroatoms. The first-order valence-electron chi connectivity index (χ1n) is 8.49. The van der Waals surface area contributed by atoms with Gasteiger partial charge in [0.15, 0.2) is 0 Å². The van der Waals surface area contributed by atoms with Crippen LogP contribution in [0.1, 0.15) is 25.5 Å². The Kier molecular flexibility index (Phi) is 3.72.